The van der Waals surface area contributed by atoms with E-state index in [1.807, 2.05) is 32.0 Å². The maximum absolute atomic E-state index is 12.5. The summed E-state index contributed by atoms with van der Waals surface area (Å²) in [7, 11) is 0. The Morgan fingerprint density at radius 1 is 1.32 bits per heavy atom. The van der Waals surface area contributed by atoms with Crippen LogP contribution in [-0.4, -0.2) is 24.9 Å². The standard InChI is InChI=1S/C15H24NOPS/c1-6-8-13(18(4,5)19)15(17)16-14-11(2)9-7-10-12(14)3/h7,9-10,13H,6,8H2,1-5H3,(H,16,17). The molecule has 1 atom stereocenters. The molecule has 0 aliphatic rings. The molecular weight excluding hydrogens is 273 g/mol. The number of hydrogen-bond acceptors (Lipinski definition) is 2. The van der Waals surface area contributed by atoms with Crippen LogP contribution in [0.25, 0.3) is 0 Å². The molecule has 1 amide bonds. The normalized spacial score (nSPS) is 13.2. The van der Waals surface area contributed by atoms with E-state index in [4.69, 9.17) is 12.2 Å². The van der Waals surface area contributed by atoms with Gasteiger partial charge < -0.3 is 17.6 Å². The Hall–Kier alpha value is -0.530. The van der Waals surface area contributed by atoms with Gasteiger partial charge in [-0.1, -0.05) is 31.5 Å². The summed E-state index contributed by atoms with van der Waals surface area (Å²) in [6, 6.07) is 6.05. The SMILES string of the molecule is CCCC(C(=O)Nc1c(C)cccc1C)[P+](C)(C)[S-]. The van der Waals surface area contributed by atoms with Gasteiger partial charge in [-0.05, 0) is 31.4 Å². The molecule has 0 radical (unpaired) electrons. The van der Waals surface area contributed by atoms with E-state index < -0.39 is 6.46 Å². The number of amides is 1. The van der Waals surface area contributed by atoms with Crippen molar-refractivity contribution < 1.29 is 4.79 Å². The maximum Gasteiger partial charge on any atom is 0.263 e. The third kappa shape index (κ3) is 4.50. The second-order valence-corrected chi connectivity index (χ2v) is 11.8. The van der Waals surface area contributed by atoms with Crippen LogP contribution < -0.4 is 5.32 Å². The van der Waals surface area contributed by atoms with Gasteiger partial charge in [0.15, 0.2) is 0 Å². The van der Waals surface area contributed by atoms with Gasteiger partial charge in [-0.3, -0.25) is 4.79 Å². The molecule has 0 aromatic heterocycles. The van der Waals surface area contributed by atoms with E-state index in [2.05, 4.69) is 25.6 Å². The number of anilines is 1. The van der Waals surface area contributed by atoms with Gasteiger partial charge >= 0.3 is 0 Å². The minimum atomic E-state index is -1.59. The molecule has 0 saturated heterocycles. The molecule has 0 heterocycles. The Balaban J connectivity index is 2.94. The summed E-state index contributed by atoms with van der Waals surface area (Å²) in [5.74, 6) is 0.0904. The summed E-state index contributed by atoms with van der Waals surface area (Å²) in [5, 5.41) is 3.09. The summed E-state index contributed by atoms with van der Waals surface area (Å²) in [6.07, 6.45) is 1.87. The summed E-state index contributed by atoms with van der Waals surface area (Å²) < 4.78 is 0. The highest BCUT2D eigenvalue weighted by molar-refractivity contribution is 8.42. The van der Waals surface area contributed by atoms with E-state index in [0.717, 1.165) is 29.7 Å². The van der Waals surface area contributed by atoms with Crippen molar-refractivity contribution in [3.63, 3.8) is 0 Å². The maximum atomic E-state index is 12.5. The quantitative estimate of drug-likeness (QED) is 0.653. The lowest BCUT2D eigenvalue weighted by Gasteiger charge is -2.32. The molecule has 0 fully saturated rings. The zero-order chi connectivity index (χ0) is 14.6. The first-order valence-electron chi connectivity index (χ1n) is 6.69. The van der Waals surface area contributed by atoms with Crippen LogP contribution >= 0.6 is 6.46 Å². The minimum Gasteiger partial charge on any atom is -0.556 e. The number of aryl methyl sites for hydroxylation is 2. The van der Waals surface area contributed by atoms with Crippen LogP contribution in [0.2, 0.25) is 0 Å². The fourth-order valence-electron chi connectivity index (χ4n) is 2.22. The second kappa shape index (κ2) is 6.76. The summed E-state index contributed by atoms with van der Waals surface area (Å²) in [5.41, 5.74) is 3.12. The topological polar surface area (TPSA) is 29.1 Å². The predicted octanol–water partition coefficient (Wildman–Crippen LogP) is 4.15. The molecule has 0 bridgehead atoms. The van der Waals surface area contributed by atoms with Gasteiger partial charge in [0.1, 0.15) is 5.66 Å². The molecule has 0 aliphatic carbocycles. The van der Waals surface area contributed by atoms with Gasteiger partial charge in [0.25, 0.3) is 5.91 Å². The molecule has 0 spiro atoms. The Morgan fingerprint density at radius 2 is 1.84 bits per heavy atom. The first-order chi connectivity index (χ1) is 8.77. The fraction of sp³-hybridized carbons (Fsp3) is 0.533. The van der Waals surface area contributed by atoms with Gasteiger partial charge in [-0.2, -0.15) is 0 Å². The number of carbonyl (C=O) groups excluding carboxylic acids is 1. The molecule has 1 N–H and O–H groups in total. The van der Waals surface area contributed by atoms with E-state index in [1.54, 1.807) is 0 Å². The number of rotatable bonds is 5. The van der Waals surface area contributed by atoms with Gasteiger partial charge in [0.05, 0.1) is 0 Å². The lowest BCUT2D eigenvalue weighted by atomic mass is 10.1. The summed E-state index contributed by atoms with van der Waals surface area (Å²) >= 11 is 5.58. The number of para-hydroxylation sites is 1. The second-order valence-electron chi connectivity index (χ2n) is 5.49. The highest BCUT2D eigenvalue weighted by Crippen LogP contribution is 2.55. The molecule has 19 heavy (non-hydrogen) atoms. The lowest BCUT2D eigenvalue weighted by Crippen LogP contribution is -2.29. The average Bonchev–Trinajstić information content (AvgIpc) is 2.29. The van der Waals surface area contributed by atoms with Crippen LogP contribution in [-0.2, 0) is 17.0 Å². The van der Waals surface area contributed by atoms with Crippen molar-refractivity contribution in [2.24, 2.45) is 0 Å². The third-order valence-electron chi connectivity index (χ3n) is 3.34. The van der Waals surface area contributed by atoms with E-state index in [1.165, 1.54) is 0 Å². The highest BCUT2D eigenvalue weighted by Gasteiger charge is 2.31. The predicted molar refractivity (Wildman–Crippen MR) is 89.4 cm³/mol. The summed E-state index contributed by atoms with van der Waals surface area (Å²) in [4.78, 5) is 12.5. The molecule has 106 valence electrons. The van der Waals surface area contributed by atoms with Crippen LogP contribution in [0.4, 0.5) is 5.69 Å². The van der Waals surface area contributed by atoms with E-state index >= 15 is 0 Å². The van der Waals surface area contributed by atoms with Gasteiger partial charge in [-0.15, -0.1) is 6.46 Å². The monoisotopic (exact) mass is 297 g/mol. The van der Waals surface area contributed by atoms with Gasteiger partial charge in [0, 0.05) is 19.0 Å². The van der Waals surface area contributed by atoms with E-state index in [0.29, 0.717) is 0 Å². The van der Waals surface area contributed by atoms with Crippen LogP contribution in [0.5, 0.6) is 0 Å². The third-order valence-corrected chi connectivity index (χ3v) is 6.10. The average molecular weight is 297 g/mol. The van der Waals surface area contributed by atoms with Crippen molar-refractivity contribution in [1.29, 1.82) is 0 Å². The van der Waals surface area contributed by atoms with Crippen molar-refractivity contribution in [3.05, 3.63) is 29.3 Å². The van der Waals surface area contributed by atoms with Crippen molar-refractivity contribution in [3.8, 4) is 0 Å². The van der Waals surface area contributed by atoms with E-state index in [9.17, 15) is 4.79 Å². The van der Waals surface area contributed by atoms with Crippen molar-refractivity contribution in [2.45, 2.75) is 39.3 Å². The molecular formula is C15H24NOPS. The number of carbonyl (C=O) groups is 1. The first-order valence-corrected chi connectivity index (χ1v) is 10.5. The molecule has 1 aromatic rings. The van der Waals surface area contributed by atoms with Crippen LogP contribution in [0.3, 0.4) is 0 Å². The number of hydrogen-bond donors (Lipinski definition) is 1. The Morgan fingerprint density at radius 3 is 2.26 bits per heavy atom. The zero-order valence-electron chi connectivity index (χ0n) is 12.5. The number of nitrogens with one attached hydrogen (secondary N) is 1. The van der Waals surface area contributed by atoms with Crippen molar-refractivity contribution in [2.75, 3.05) is 18.6 Å². The zero-order valence-corrected chi connectivity index (χ0v) is 14.2. The fourth-order valence-corrected chi connectivity index (χ4v) is 4.33. The highest BCUT2D eigenvalue weighted by atomic mass is 32.7. The molecule has 1 rings (SSSR count). The molecule has 2 nitrogen and oxygen atoms in total. The first kappa shape index (κ1) is 16.5. The molecule has 1 aromatic carbocycles. The van der Waals surface area contributed by atoms with Crippen LogP contribution in [0, 0.1) is 13.8 Å². The minimum absolute atomic E-state index is 0.0218. The van der Waals surface area contributed by atoms with Crippen LogP contribution in [0.15, 0.2) is 18.2 Å². The van der Waals surface area contributed by atoms with Crippen molar-refractivity contribution >= 4 is 30.3 Å². The number of benzene rings is 1. The Labute approximate surface area is 122 Å². The van der Waals surface area contributed by atoms with E-state index in [-0.39, 0.29) is 11.6 Å². The Kier molecular flexibility index (Phi) is 5.88. The largest absolute Gasteiger partial charge is 0.556 e. The van der Waals surface area contributed by atoms with Crippen LogP contribution in [0.1, 0.15) is 30.9 Å². The van der Waals surface area contributed by atoms with Gasteiger partial charge in [-0.25, -0.2) is 0 Å². The molecule has 0 saturated carbocycles. The lowest BCUT2D eigenvalue weighted by molar-refractivity contribution is -0.115. The smallest absolute Gasteiger partial charge is 0.263 e. The van der Waals surface area contributed by atoms with Crippen molar-refractivity contribution in [1.82, 2.24) is 0 Å². The van der Waals surface area contributed by atoms with Gasteiger partial charge in [0.2, 0.25) is 0 Å². The molecule has 1 unspecified atom stereocenters. The Bertz CT molecular complexity index is 434. The molecule has 4 heteroatoms. The summed E-state index contributed by atoms with van der Waals surface area (Å²) in [6.45, 7) is 8.67. The molecule has 0 aliphatic heterocycles.